The molecule has 32 heavy (non-hydrogen) atoms. The van der Waals surface area contributed by atoms with E-state index in [2.05, 4.69) is 10.3 Å². The van der Waals surface area contributed by atoms with Crippen LogP contribution in [-0.4, -0.2) is 57.0 Å². The Labute approximate surface area is 187 Å². The Kier molecular flexibility index (Phi) is 9.85. The summed E-state index contributed by atoms with van der Waals surface area (Å²) in [7, 11) is -2.06. The largest absolute Gasteiger partial charge is 0.493 e. The first-order valence-corrected chi connectivity index (χ1v) is 11.8. The first kappa shape index (κ1) is 25.5. The van der Waals surface area contributed by atoms with Crippen molar-refractivity contribution in [1.82, 2.24) is 10.3 Å². The molecule has 176 valence electrons. The zero-order chi connectivity index (χ0) is 23.6. The van der Waals surface area contributed by atoms with E-state index in [0.29, 0.717) is 35.1 Å². The molecule has 1 aromatic heterocycles. The number of nitrogens with two attached hydrogens (primary N) is 1. The maximum absolute atomic E-state index is 11.1. The molecule has 4 N–H and O–H groups in total. The molecule has 1 saturated heterocycles. The van der Waals surface area contributed by atoms with E-state index in [0.717, 1.165) is 44.7 Å². The fraction of sp³-hybridized carbons (Fsp3) is 0.429. The summed E-state index contributed by atoms with van der Waals surface area (Å²) in [6, 6.07) is 8.97. The van der Waals surface area contributed by atoms with Gasteiger partial charge in [-0.2, -0.15) is 8.42 Å². The summed E-state index contributed by atoms with van der Waals surface area (Å²) >= 11 is 0. The molecule has 10 nitrogen and oxygen atoms in total. The second kappa shape index (κ2) is 12.3. The minimum Gasteiger partial charge on any atom is -0.493 e. The maximum Gasteiger partial charge on any atom is 0.261 e. The van der Waals surface area contributed by atoms with Crippen molar-refractivity contribution in [2.45, 2.75) is 19.4 Å². The lowest BCUT2D eigenvalue weighted by molar-refractivity contribution is 0.0662. The number of hydrogen-bond donors (Lipinski definition) is 3. The van der Waals surface area contributed by atoms with Gasteiger partial charge in [-0.1, -0.05) is 6.07 Å². The van der Waals surface area contributed by atoms with Crippen molar-refractivity contribution in [3.05, 3.63) is 47.7 Å². The van der Waals surface area contributed by atoms with Crippen LogP contribution in [0.25, 0.3) is 0 Å². The van der Waals surface area contributed by atoms with Gasteiger partial charge in [0.1, 0.15) is 0 Å². The Balaban J connectivity index is 0.000000654. The molecule has 2 aromatic rings. The van der Waals surface area contributed by atoms with Crippen LogP contribution in [0.15, 0.2) is 36.5 Å². The number of benzene rings is 1. The number of primary amides is 1. The molecular formula is C21H29N3O7S. The zero-order valence-corrected chi connectivity index (χ0v) is 18.9. The smallest absolute Gasteiger partial charge is 0.261 e. The van der Waals surface area contributed by atoms with Gasteiger partial charge in [-0.05, 0) is 49.1 Å². The number of rotatable bonds is 8. The summed E-state index contributed by atoms with van der Waals surface area (Å²) < 4.78 is 42.5. The van der Waals surface area contributed by atoms with Crippen molar-refractivity contribution < 1.29 is 32.0 Å². The number of carbonyl (C=O) groups is 1. The van der Waals surface area contributed by atoms with Crippen LogP contribution < -0.4 is 20.5 Å². The lowest BCUT2D eigenvalue weighted by Gasteiger charge is -2.22. The van der Waals surface area contributed by atoms with Gasteiger partial charge in [0.05, 0.1) is 18.9 Å². The van der Waals surface area contributed by atoms with E-state index >= 15 is 0 Å². The second-order valence-electron chi connectivity index (χ2n) is 7.26. The van der Waals surface area contributed by atoms with Gasteiger partial charge in [0, 0.05) is 32.0 Å². The number of amides is 1. The highest BCUT2D eigenvalue weighted by atomic mass is 32.2. The predicted octanol–water partition coefficient (Wildman–Crippen LogP) is 2.00. The van der Waals surface area contributed by atoms with Gasteiger partial charge >= 0.3 is 0 Å². The van der Waals surface area contributed by atoms with Crippen LogP contribution in [0.2, 0.25) is 0 Å². The van der Waals surface area contributed by atoms with Crippen LogP contribution in [-0.2, 0) is 21.4 Å². The van der Waals surface area contributed by atoms with Crippen molar-refractivity contribution in [2.75, 3.05) is 33.1 Å². The van der Waals surface area contributed by atoms with E-state index in [1.54, 1.807) is 19.2 Å². The van der Waals surface area contributed by atoms with Gasteiger partial charge in [-0.15, -0.1) is 0 Å². The Morgan fingerprint density at radius 2 is 1.94 bits per heavy atom. The first-order valence-electron chi connectivity index (χ1n) is 9.97. The molecule has 1 fully saturated rings. The van der Waals surface area contributed by atoms with E-state index in [9.17, 15) is 13.2 Å². The van der Waals surface area contributed by atoms with Gasteiger partial charge in [0.2, 0.25) is 11.8 Å². The van der Waals surface area contributed by atoms with E-state index in [1.807, 2.05) is 18.2 Å². The minimum atomic E-state index is -3.67. The third kappa shape index (κ3) is 9.60. The average Bonchev–Trinajstić information content (AvgIpc) is 2.74. The molecule has 1 amide bonds. The van der Waals surface area contributed by atoms with Crippen LogP contribution in [0.5, 0.6) is 17.4 Å². The lowest BCUT2D eigenvalue weighted by Crippen LogP contribution is -2.27. The Morgan fingerprint density at radius 3 is 2.50 bits per heavy atom. The van der Waals surface area contributed by atoms with Crippen molar-refractivity contribution in [3.63, 3.8) is 0 Å². The van der Waals surface area contributed by atoms with Crippen LogP contribution >= 0.6 is 0 Å². The van der Waals surface area contributed by atoms with E-state index < -0.39 is 16.0 Å². The number of hydrogen-bond acceptors (Lipinski definition) is 8. The van der Waals surface area contributed by atoms with Gasteiger partial charge in [0.15, 0.2) is 11.5 Å². The van der Waals surface area contributed by atoms with E-state index in [4.69, 9.17) is 24.5 Å². The highest BCUT2D eigenvalue weighted by Crippen LogP contribution is 2.31. The Morgan fingerprint density at radius 1 is 1.25 bits per heavy atom. The number of nitrogens with zero attached hydrogens (tertiary/aromatic N) is 1. The molecular weight excluding hydrogens is 438 g/mol. The summed E-state index contributed by atoms with van der Waals surface area (Å²) in [5.41, 5.74) is 6.66. The van der Waals surface area contributed by atoms with Crippen LogP contribution in [0.3, 0.4) is 0 Å². The molecule has 0 radical (unpaired) electrons. The molecule has 1 aliphatic rings. The van der Waals surface area contributed by atoms with Crippen LogP contribution in [0.1, 0.15) is 28.8 Å². The fourth-order valence-electron chi connectivity index (χ4n) is 2.98. The standard InChI is InChI=1S/C20H25N3O4.CH4O3S/c1-25-18-10-15(12-22-11-14-6-8-26-9-7-14)2-4-17(18)27-19-5-3-16(13-23-19)20(21)24;1-5(2,3)4/h2-5,10,13-14,22H,6-9,11-12H2,1H3,(H2,21,24);1H3,(H,2,3,4). The number of ether oxygens (including phenoxy) is 3. The maximum atomic E-state index is 11.1. The molecule has 0 unspecified atom stereocenters. The summed E-state index contributed by atoms with van der Waals surface area (Å²) in [6.07, 6.45) is 4.33. The number of pyridine rings is 1. The van der Waals surface area contributed by atoms with Crippen molar-refractivity contribution in [1.29, 1.82) is 0 Å². The predicted molar refractivity (Wildman–Crippen MR) is 119 cm³/mol. The Hall–Kier alpha value is -2.73. The molecule has 2 heterocycles. The van der Waals surface area contributed by atoms with Crippen LogP contribution in [0, 0.1) is 5.92 Å². The second-order valence-corrected chi connectivity index (χ2v) is 8.72. The third-order valence-electron chi connectivity index (χ3n) is 4.57. The van der Waals surface area contributed by atoms with E-state index in [1.165, 1.54) is 6.20 Å². The first-order chi connectivity index (χ1) is 15.2. The lowest BCUT2D eigenvalue weighted by atomic mass is 10.0. The summed E-state index contributed by atoms with van der Waals surface area (Å²) in [5, 5.41) is 3.50. The fourth-order valence-corrected chi connectivity index (χ4v) is 2.98. The molecule has 0 atom stereocenters. The topological polar surface area (TPSA) is 150 Å². The zero-order valence-electron chi connectivity index (χ0n) is 18.1. The van der Waals surface area contributed by atoms with Gasteiger partial charge < -0.3 is 25.3 Å². The SMILES string of the molecule is COc1cc(CNCC2CCOCC2)ccc1Oc1ccc(C(N)=O)cn1.CS(=O)(=O)O. The van der Waals surface area contributed by atoms with Gasteiger partial charge in [-0.25, -0.2) is 4.98 Å². The molecule has 0 saturated carbocycles. The summed E-state index contributed by atoms with van der Waals surface area (Å²) in [6.45, 7) is 3.47. The van der Waals surface area contributed by atoms with Gasteiger partial charge in [0.25, 0.3) is 10.1 Å². The third-order valence-corrected chi connectivity index (χ3v) is 4.57. The molecule has 3 rings (SSSR count). The van der Waals surface area contributed by atoms with E-state index in [-0.39, 0.29) is 0 Å². The molecule has 0 aliphatic carbocycles. The minimum absolute atomic E-state index is 0.334. The van der Waals surface area contributed by atoms with Gasteiger partial charge in [-0.3, -0.25) is 9.35 Å². The normalized spacial score (nSPS) is 14.2. The molecule has 0 spiro atoms. The van der Waals surface area contributed by atoms with Crippen molar-refractivity contribution in [3.8, 4) is 17.4 Å². The molecule has 1 aromatic carbocycles. The van der Waals surface area contributed by atoms with Crippen molar-refractivity contribution >= 4 is 16.0 Å². The number of carbonyl (C=O) groups excluding carboxylic acids is 1. The monoisotopic (exact) mass is 467 g/mol. The average molecular weight is 468 g/mol. The summed E-state index contributed by atoms with van der Waals surface area (Å²) in [4.78, 5) is 15.2. The van der Waals surface area contributed by atoms with Crippen LogP contribution in [0.4, 0.5) is 0 Å². The van der Waals surface area contributed by atoms with Crippen molar-refractivity contribution in [2.24, 2.45) is 11.7 Å². The number of nitrogens with one attached hydrogen (secondary N) is 1. The summed E-state index contributed by atoms with van der Waals surface area (Å²) in [5.74, 6) is 1.71. The molecule has 11 heteroatoms. The highest BCUT2D eigenvalue weighted by Gasteiger charge is 2.13. The Bertz CT molecular complexity index is 967. The highest BCUT2D eigenvalue weighted by molar-refractivity contribution is 7.85. The number of methoxy groups -OCH3 is 1. The molecule has 0 bridgehead atoms. The quantitative estimate of drug-likeness (QED) is 0.495. The number of aromatic nitrogens is 1. The molecule has 1 aliphatic heterocycles.